The topological polar surface area (TPSA) is 24.1 Å². The number of rotatable bonds is 3. The van der Waals surface area contributed by atoms with Crippen molar-refractivity contribution in [1.82, 2.24) is 10.6 Å². The Morgan fingerprint density at radius 2 is 2.13 bits per heavy atom. The minimum atomic E-state index is 0.116. The van der Waals surface area contributed by atoms with Crippen LogP contribution in [0.5, 0.6) is 0 Å². The van der Waals surface area contributed by atoms with Crippen molar-refractivity contribution in [1.29, 1.82) is 0 Å². The third kappa shape index (κ3) is 3.68. The molecule has 1 aromatic carbocycles. The number of thiocarbonyl (C=S) groups is 1. The van der Waals surface area contributed by atoms with Crippen LogP contribution in [0.15, 0.2) is 24.3 Å². The second-order valence-electron chi connectivity index (χ2n) is 3.25. The van der Waals surface area contributed by atoms with Gasteiger partial charge in [-0.15, -0.1) is 0 Å². The van der Waals surface area contributed by atoms with E-state index in [0.29, 0.717) is 5.11 Å². The van der Waals surface area contributed by atoms with Gasteiger partial charge in [0.05, 0.1) is 6.04 Å². The maximum atomic E-state index is 6.08. The first kappa shape index (κ1) is 12.3. The van der Waals surface area contributed by atoms with Crippen LogP contribution in [0, 0.1) is 0 Å². The molecule has 0 aliphatic carbocycles. The summed E-state index contributed by atoms with van der Waals surface area (Å²) >= 11 is 11.2. The zero-order valence-corrected chi connectivity index (χ0v) is 10.5. The van der Waals surface area contributed by atoms with Gasteiger partial charge in [0, 0.05) is 11.6 Å². The number of hydrogen-bond donors (Lipinski definition) is 2. The van der Waals surface area contributed by atoms with E-state index >= 15 is 0 Å². The third-order valence-corrected chi connectivity index (χ3v) is 2.66. The fraction of sp³-hybridized carbons (Fsp3) is 0.364. The molecule has 0 aromatic heterocycles. The molecule has 0 saturated heterocycles. The zero-order chi connectivity index (χ0) is 11.3. The average molecular weight is 243 g/mol. The standard InChI is InChI=1S/C11H15ClN2S/c1-3-13-11(15)14-8(2)9-6-4-5-7-10(9)12/h4-8H,3H2,1-2H3,(H2,13,14,15)/t8-/m1/s1. The highest BCUT2D eigenvalue weighted by Crippen LogP contribution is 2.21. The van der Waals surface area contributed by atoms with Gasteiger partial charge in [-0.1, -0.05) is 29.8 Å². The fourth-order valence-corrected chi connectivity index (χ4v) is 1.93. The van der Waals surface area contributed by atoms with Crippen LogP contribution in [0.2, 0.25) is 5.02 Å². The van der Waals surface area contributed by atoms with Gasteiger partial charge < -0.3 is 10.6 Å². The monoisotopic (exact) mass is 242 g/mol. The first-order valence-corrected chi connectivity index (χ1v) is 5.72. The van der Waals surface area contributed by atoms with Crippen LogP contribution < -0.4 is 10.6 Å². The molecule has 0 aliphatic heterocycles. The molecule has 2 nitrogen and oxygen atoms in total. The number of halogens is 1. The highest BCUT2D eigenvalue weighted by Gasteiger charge is 2.09. The first-order chi connectivity index (χ1) is 7.15. The minimum absolute atomic E-state index is 0.116. The highest BCUT2D eigenvalue weighted by molar-refractivity contribution is 7.80. The smallest absolute Gasteiger partial charge is 0.166 e. The van der Waals surface area contributed by atoms with Gasteiger partial charge in [-0.25, -0.2) is 0 Å². The van der Waals surface area contributed by atoms with Crippen molar-refractivity contribution in [3.8, 4) is 0 Å². The predicted octanol–water partition coefficient (Wildman–Crippen LogP) is 2.89. The van der Waals surface area contributed by atoms with E-state index in [-0.39, 0.29) is 6.04 Å². The van der Waals surface area contributed by atoms with E-state index < -0.39 is 0 Å². The van der Waals surface area contributed by atoms with Crippen molar-refractivity contribution in [2.24, 2.45) is 0 Å². The SMILES string of the molecule is CCNC(=S)N[C@H](C)c1ccccc1Cl. The molecule has 0 radical (unpaired) electrons. The van der Waals surface area contributed by atoms with Crippen molar-refractivity contribution in [3.63, 3.8) is 0 Å². The summed E-state index contributed by atoms with van der Waals surface area (Å²) in [4.78, 5) is 0. The van der Waals surface area contributed by atoms with Gasteiger partial charge in [0.1, 0.15) is 0 Å². The Morgan fingerprint density at radius 1 is 1.47 bits per heavy atom. The molecule has 4 heteroatoms. The summed E-state index contributed by atoms with van der Waals surface area (Å²) in [7, 11) is 0. The van der Waals surface area contributed by atoms with Crippen LogP contribution in [0.4, 0.5) is 0 Å². The normalized spacial score (nSPS) is 11.9. The predicted molar refractivity (Wildman–Crippen MR) is 69.3 cm³/mol. The Bertz CT molecular complexity index is 341. The van der Waals surface area contributed by atoms with Gasteiger partial charge in [0.25, 0.3) is 0 Å². The lowest BCUT2D eigenvalue weighted by atomic mass is 10.1. The molecule has 0 aliphatic rings. The first-order valence-electron chi connectivity index (χ1n) is 4.94. The molecule has 0 fully saturated rings. The average Bonchev–Trinajstić information content (AvgIpc) is 2.18. The van der Waals surface area contributed by atoms with E-state index in [9.17, 15) is 0 Å². The summed E-state index contributed by atoms with van der Waals surface area (Å²) in [5.74, 6) is 0. The van der Waals surface area contributed by atoms with Crippen LogP contribution in [0.25, 0.3) is 0 Å². The van der Waals surface area contributed by atoms with Crippen LogP contribution in [-0.2, 0) is 0 Å². The molecule has 0 amide bonds. The maximum Gasteiger partial charge on any atom is 0.166 e. The molecular weight excluding hydrogens is 228 g/mol. The molecule has 2 N–H and O–H groups in total. The van der Waals surface area contributed by atoms with E-state index in [1.807, 2.05) is 38.1 Å². The fourth-order valence-electron chi connectivity index (χ4n) is 1.31. The molecule has 0 spiro atoms. The Hall–Kier alpha value is -0.800. The molecule has 82 valence electrons. The van der Waals surface area contributed by atoms with Gasteiger partial charge in [-0.05, 0) is 37.7 Å². The Kier molecular flexibility index (Phi) is 4.85. The zero-order valence-electron chi connectivity index (χ0n) is 8.88. The van der Waals surface area contributed by atoms with Gasteiger partial charge in [0.2, 0.25) is 0 Å². The number of benzene rings is 1. The van der Waals surface area contributed by atoms with Gasteiger partial charge >= 0.3 is 0 Å². The molecule has 0 saturated carbocycles. The summed E-state index contributed by atoms with van der Waals surface area (Å²) < 4.78 is 0. The van der Waals surface area contributed by atoms with Gasteiger partial charge in [-0.2, -0.15) is 0 Å². The lowest BCUT2D eigenvalue weighted by Gasteiger charge is -2.17. The van der Waals surface area contributed by atoms with Crippen molar-refractivity contribution in [2.75, 3.05) is 6.54 Å². The molecule has 1 rings (SSSR count). The van der Waals surface area contributed by atoms with Crippen LogP contribution in [0.1, 0.15) is 25.5 Å². The van der Waals surface area contributed by atoms with E-state index in [4.69, 9.17) is 23.8 Å². The number of hydrogen-bond acceptors (Lipinski definition) is 1. The van der Waals surface area contributed by atoms with Gasteiger partial charge in [0.15, 0.2) is 5.11 Å². The van der Waals surface area contributed by atoms with Crippen LogP contribution in [-0.4, -0.2) is 11.7 Å². The molecule has 0 unspecified atom stereocenters. The Labute approximate surface area is 101 Å². The minimum Gasteiger partial charge on any atom is -0.363 e. The van der Waals surface area contributed by atoms with Gasteiger partial charge in [-0.3, -0.25) is 0 Å². The highest BCUT2D eigenvalue weighted by atomic mass is 35.5. The van der Waals surface area contributed by atoms with Crippen LogP contribution >= 0.6 is 23.8 Å². The molecule has 15 heavy (non-hydrogen) atoms. The summed E-state index contributed by atoms with van der Waals surface area (Å²) in [5, 5.41) is 7.63. The van der Waals surface area contributed by atoms with Crippen molar-refractivity contribution in [2.45, 2.75) is 19.9 Å². The van der Waals surface area contributed by atoms with Crippen molar-refractivity contribution < 1.29 is 0 Å². The molecule has 1 atom stereocenters. The molecular formula is C11H15ClN2S. The van der Waals surface area contributed by atoms with Crippen LogP contribution in [0.3, 0.4) is 0 Å². The summed E-state index contributed by atoms with van der Waals surface area (Å²) in [6.07, 6.45) is 0. The molecule has 0 heterocycles. The lowest BCUT2D eigenvalue weighted by Crippen LogP contribution is -2.36. The van der Waals surface area contributed by atoms with E-state index in [2.05, 4.69) is 10.6 Å². The van der Waals surface area contributed by atoms with Crippen molar-refractivity contribution >= 4 is 28.9 Å². The summed E-state index contributed by atoms with van der Waals surface area (Å²) in [6, 6.07) is 7.88. The summed E-state index contributed by atoms with van der Waals surface area (Å²) in [5.41, 5.74) is 1.06. The second kappa shape index (κ2) is 5.93. The number of nitrogens with one attached hydrogen (secondary N) is 2. The molecule has 1 aromatic rings. The maximum absolute atomic E-state index is 6.08. The third-order valence-electron chi connectivity index (χ3n) is 2.06. The Balaban J connectivity index is 2.65. The molecule has 0 bridgehead atoms. The van der Waals surface area contributed by atoms with E-state index in [1.165, 1.54) is 0 Å². The lowest BCUT2D eigenvalue weighted by molar-refractivity contribution is 0.702. The largest absolute Gasteiger partial charge is 0.363 e. The quantitative estimate of drug-likeness (QED) is 0.798. The van der Waals surface area contributed by atoms with E-state index in [0.717, 1.165) is 17.1 Å². The second-order valence-corrected chi connectivity index (χ2v) is 4.06. The van der Waals surface area contributed by atoms with E-state index in [1.54, 1.807) is 0 Å². The summed E-state index contributed by atoms with van der Waals surface area (Å²) in [6.45, 7) is 4.86. The Morgan fingerprint density at radius 3 is 2.73 bits per heavy atom. The van der Waals surface area contributed by atoms with Crippen molar-refractivity contribution in [3.05, 3.63) is 34.9 Å².